The topological polar surface area (TPSA) is 23.6 Å². The van der Waals surface area contributed by atoms with E-state index in [9.17, 15) is 4.79 Å². The van der Waals surface area contributed by atoms with E-state index in [0.717, 1.165) is 57.8 Å². The number of piperidine rings is 1. The van der Waals surface area contributed by atoms with Crippen LogP contribution in [0.5, 0.6) is 0 Å². The summed E-state index contributed by atoms with van der Waals surface area (Å²) in [4.78, 5) is 17.2. The third kappa shape index (κ3) is 4.48. The molecule has 3 rings (SSSR count). The maximum atomic E-state index is 12.7. The molecule has 0 N–H and O–H groups in total. The molecule has 1 aromatic rings. The minimum Gasteiger partial charge on any atom is -0.341 e. The summed E-state index contributed by atoms with van der Waals surface area (Å²) in [7, 11) is 0. The number of rotatable bonds is 4. The molecule has 23 heavy (non-hydrogen) atoms. The van der Waals surface area contributed by atoms with Gasteiger partial charge in [0.15, 0.2) is 0 Å². The molecule has 1 unspecified atom stereocenters. The molecular weight excluding hydrogens is 308 g/mol. The zero-order valence-electron chi connectivity index (χ0n) is 14.1. The van der Waals surface area contributed by atoms with E-state index in [1.54, 1.807) is 0 Å². The predicted octanol–water partition coefficient (Wildman–Crippen LogP) is 3.37. The summed E-state index contributed by atoms with van der Waals surface area (Å²) in [5.74, 6) is 1.12. The molecule has 1 aromatic carbocycles. The highest BCUT2D eigenvalue weighted by molar-refractivity contribution is 5.85. The first-order valence-corrected chi connectivity index (χ1v) is 8.84. The molecule has 4 heteroatoms. The van der Waals surface area contributed by atoms with E-state index in [0.29, 0.717) is 5.91 Å². The van der Waals surface area contributed by atoms with E-state index in [4.69, 9.17) is 0 Å². The molecule has 0 aromatic heterocycles. The molecule has 128 valence electrons. The van der Waals surface area contributed by atoms with Gasteiger partial charge in [-0.1, -0.05) is 37.3 Å². The van der Waals surface area contributed by atoms with Crippen LogP contribution in [0.4, 0.5) is 0 Å². The van der Waals surface area contributed by atoms with Crippen molar-refractivity contribution in [2.45, 2.75) is 45.1 Å². The molecule has 1 amide bonds. The molecule has 0 bridgehead atoms. The lowest BCUT2D eigenvalue weighted by Crippen LogP contribution is -2.48. The fourth-order valence-electron chi connectivity index (χ4n) is 4.00. The summed E-state index contributed by atoms with van der Waals surface area (Å²) >= 11 is 0. The van der Waals surface area contributed by atoms with Crippen LogP contribution in [0.3, 0.4) is 0 Å². The average molecular weight is 337 g/mol. The summed E-state index contributed by atoms with van der Waals surface area (Å²) in [6, 6.07) is 10.9. The number of carbonyl (C=O) groups is 1. The Bertz CT molecular complexity index is 485. The van der Waals surface area contributed by atoms with Crippen LogP contribution in [0, 0.1) is 5.92 Å². The zero-order valence-corrected chi connectivity index (χ0v) is 14.9. The minimum atomic E-state index is 0. The zero-order chi connectivity index (χ0) is 15.4. The van der Waals surface area contributed by atoms with Gasteiger partial charge < -0.3 is 4.90 Å². The Kier molecular flexibility index (Phi) is 6.91. The van der Waals surface area contributed by atoms with E-state index in [-0.39, 0.29) is 18.4 Å². The predicted molar refractivity (Wildman–Crippen MR) is 97.0 cm³/mol. The van der Waals surface area contributed by atoms with Gasteiger partial charge in [-0.2, -0.15) is 0 Å². The van der Waals surface area contributed by atoms with Crippen LogP contribution in [0.1, 0.15) is 38.2 Å². The van der Waals surface area contributed by atoms with Crippen LogP contribution in [-0.4, -0.2) is 47.9 Å². The molecule has 2 aliphatic rings. The number of hydrogen-bond acceptors (Lipinski definition) is 2. The third-order valence-corrected chi connectivity index (χ3v) is 5.35. The SMILES string of the molecule is CCN1CCCC1C(=O)N1CCC(Cc2ccccc2)CC1.Cl. The lowest BCUT2D eigenvalue weighted by Gasteiger charge is -2.35. The summed E-state index contributed by atoms with van der Waals surface area (Å²) in [5.41, 5.74) is 1.43. The second-order valence-electron chi connectivity index (χ2n) is 6.75. The first-order chi connectivity index (χ1) is 10.8. The number of likely N-dealkylation sites (tertiary alicyclic amines) is 2. The first-order valence-electron chi connectivity index (χ1n) is 8.84. The lowest BCUT2D eigenvalue weighted by atomic mass is 9.90. The second-order valence-corrected chi connectivity index (χ2v) is 6.75. The Morgan fingerprint density at radius 3 is 2.43 bits per heavy atom. The van der Waals surface area contributed by atoms with Crippen molar-refractivity contribution in [2.24, 2.45) is 5.92 Å². The molecule has 2 aliphatic heterocycles. The molecule has 0 aliphatic carbocycles. The summed E-state index contributed by atoms with van der Waals surface area (Å²) in [5, 5.41) is 0. The van der Waals surface area contributed by atoms with Crippen molar-refractivity contribution < 1.29 is 4.79 Å². The number of amides is 1. The van der Waals surface area contributed by atoms with Crippen LogP contribution in [0.2, 0.25) is 0 Å². The molecule has 2 heterocycles. The monoisotopic (exact) mass is 336 g/mol. The smallest absolute Gasteiger partial charge is 0.239 e. The normalized spacial score (nSPS) is 22.8. The van der Waals surface area contributed by atoms with Gasteiger partial charge in [0, 0.05) is 13.1 Å². The molecular formula is C19H29ClN2O. The molecule has 2 fully saturated rings. The van der Waals surface area contributed by atoms with Crippen molar-refractivity contribution in [2.75, 3.05) is 26.2 Å². The van der Waals surface area contributed by atoms with E-state index in [1.165, 1.54) is 12.0 Å². The average Bonchev–Trinajstić information content (AvgIpc) is 3.04. The summed E-state index contributed by atoms with van der Waals surface area (Å²) in [6.07, 6.45) is 5.69. The van der Waals surface area contributed by atoms with Crippen molar-refractivity contribution >= 4 is 18.3 Å². The number of hydrogen-bond donors (Lipinski definition) is 0. The van der Waals surface area contributed by atoms with Crippen LogP contribution in [0.15, 0.2) is 30.3 Å². The van der Waals surface area contributed by atoms with Crippen molar-refractivity contribution in [3.8, 4) is 0 Å². The Morgan fingerprint density at radius 2 is 1.78 bits per heavy atom. The number of halogens is 1. The van der Waals surface area contributed by atoms with E-state index in [1.807, 2.05) is 0 Å². The van der Waals surface area contributed by atoms with Crippen molar-refractivity contribution in [3.63, 3.8) is 0 Å². The molecule has 2 saturated heterocycles. The van der Waals surface area contributed by atoms with Gasteiger partial charge in [-0.05, 0) is 56.7 Å². The van der Waals surface area contributed by atoms with Crippen molar-refractivity contribution in [1.82, 2.24) is 9.80 Å². The maximum Gasteiger partial charge on any atom is 0.239 e. The Hall–Kier alpha value is -1.06. The van der Waals surface area contributed by atoms with Gasteiger partial charge in [0.1, 0.15) is 0 Å². The van der Waals surface area contributed by atoms with Gasteiger partial charge in [-0.3, -0.25) is 9.69 Å². The van der Waals surface area contributed by atoms with Crippen LogP contribution in [-0.2, 0) is 11.2 Å². The third-order valence-electron chi connectivity index (χ3n) is 5.35. The fraction of sp³-hybridized carbons (Fsp3) is 0.632. The van der Waals surface area contributed by atoms with E-state index >= 15 is 0 Å². The van der Waals surface area contributed by atoms with Gasteiger partial charge in [0.2, 0.25) is 5.91 Å². The van der Waals surface area contributed by atoms with Crippen molar-refractivity contribution in [3.05, 3.63) is 35.9 Å². The van der Waals surface area contributed by atoms with Crippen LogP contribution in [0.25, 0.3) is 0 Å². The second kappa shape index (κ2) is 8.70. The Morgan fingerprint density at radius 1 is 1.09 bits per heavy atom. The Balaban J connectivity index is 0.00000192. The largest absolute Gasteiger partial charge is 0.341 e. The van der Waals surface area contributed by atoms with Crippen molar-refractivity contribution in [1.29, 1.82) is 0 Å². The standard InChI is InChI=1S/C19H28N2O.ClH/c1-2-20-12-6-9-18(20)19(22)21-13-10-17(11-14-21)15-16-7-4-3-5-8-16;/h3-5,7-8,17-18H,2,6,9-15H2,1H3;1H. The minimum absolute atomic E-state index is 0. The number of carbonyl (C=O) groups excluding carboxylic acids is 1. The quantitative estimate of drug-likeness (QED) is 0.841. The van der Waals surface area contributed by atoms with Crippen LogP contribution >= 0.6 is 12.4 Å². The highest BCUT2D eigenvalue weighted by Gasteiger charge is 2.34. The van der Waals surface area contributed by atoms with Gasteiger partial charge in [-0.15, -0.1) is 12.4 Å². The first kappa shape index (κ1) is 18.3. The van der Waals surface area contributed by atoms with Gasteiger partial charge in [-0.25, -0.2) is 0 Å². The molecule has 3 nitrogen and oxygen atoms in total. The number of benzene rings is 1. The molecule has 0 saturated carbocycles. The van der Waals surface area contributed by atoms with E-state index < -0.39 is 0 Å². The van der Waals surface area contributed by atoms with Gasteiger partial charge in [0.05, 0.1) is 6.04 Å². The summed E-state index contributed by atoms with van der Waals surface area (Å²) in [6.45, 7) is 6.16. The molecule has 1 atom stereocenters. The molecule has 0 spiro atoms. The maximum absolute atomic E-state index is 12.7. The van der Waals surface area contributed by atoms with Crippen LogP contribution < -0.4 is 0 Å². The van der Waals surface area contributed by atoms with Gasteiger partial charge >= 0.3 is 0 Å². The number of likely N-dealkylation sites (N-methyl/N-ethyl adjacent to an activating group) is 1. The Labute approximate surface area is 146 Å². The highest BCUT2D eigenvalue weighted by Crippen LogP contribution is 2.25. The van der Waals surface area contributed by atoms with E-state index in [2.05, 4.69) is 47.1 Å². The van der Waals surface area contributed by atoms with Gasteiger partial charge in [0.25, 0.3) is 0 Å². The lowest BCUT2D eigenvalue weighted by molar-refractivity contribution is -0.137. The highest BCUT2D eigenvalue weighted by atomic mass is 35.5. The molecule has 0 radical (unpaired) electrons. The number of nitrogens with zero attached hydrogens (tertiary/aromatic N) is 2. The summed E-state index contributed by atoms with van der Waals surface area (Å²) < 4.78 is 0. The fourth-order valence-corrected chi connectivity index (χ4v) is 4.00.